The first kappa shape index (κ1) is 13.5. The number of nitrogens with zero attached hydrogens (tertiary/aromatic N) is 2. The zero-order chi connectivity index (χ0) is 14.7. The maximum atomic E-state index is 12.8. The Morgan fingerprint density at radius 3 is 2.48 bits per heavy atom. The van der Waals surface area contributed by atoms with E-state index in [9.17, 15) is 9.50 Å². The fraction of sp³-hybridized carbons (Fsp3) is 0.125. The van der Waals surface area contributed by atoms with Crippen LogP contribution in [0.15, 0.2) is 59.1 Å². The standard InChI is InChI=1S/C16H13FN2O2/c17-13-8-6-11(7-9-13)10-14-18-16(21-19-14)15(20)12-4-2-1-3-5-12/h1-9,15,20H,10H2. The minimum absolute atomic E-state index is 0.151. The zero-order valence-electron chi connectivity index (χ0n) is 11.1. The molecular weight excluding hydrogens is 271 g/mol. The van der Waals surface area contributed by atoms with Gasteiger partial charge >= 0.3 is 0 Å². The van der Waals surface area contributed by atoms with Crippen molar-refractivity contribution in [2.24, 2.45) is 0 Å². The lowest BCUT2D eigenvalue weighted by atomic mass is 10.1. The minimum atomic E-state index is -0.944. The largest absolute Gasteiger partial charge is 0.378 e. The Hall–Kier alpha value is -2.53. The molecule has 0 radical (unpaired) electrons. The van der Waals surface area contributed by atoms with Crippen LogP contribution in [-0.2, 0) is 6.42 Å². The van der Waals surface area contributed by atoms with Crippen molar-refractivity contribution in [1.82, 2.24) is 10.1 Å². The SMILES string of the molecule is OC(c1ccccc1)c1nc(Cc2ccc(F)cc2)no1. The van der Waals surface area contributed by atoms with E-state index in [0.29, 0.717) is 17.8 Å². The molecule has 4 nitrogen and oxygen atoms in total. The summed E-state index contributed by atoms with van der Waals surface area (Å²) in [5, 5.41) is 14.0. The molecule has 2 aromatic carbocycles. The lowest BCUT2D eigenvalue weighted by Crippen LogP contribution is -2.00. The summed E-state index contributed by atoms with van der Waals surface area (Å²) >= 11 is 0. The fourth-order valence-electron chi connectivity index (χ4n) is 2.01. The van der Waals surface area contributed by atoms with Crippen LogP contribution in [0.1, 0.15) is 28.9 Å². The second-order valence-electron chi connectivity index (χ2n) is 4.67. The van der Waals surface area contributed by atoms with Gasteiger partial charge in [-0.15, -0.1) is 0 Å². The van der Waals surface area contributed by atoms with E-state index in [2.05, 4.69) is 10.1 Å². The highest BCUT2D eigenvalue weighted by molar-refractivity contribution is 5.23. The van der Waals surface area contributed by atoms with E-state index >= 15 is 0 Å². The van der Waals surface area contributed by atoms with Crippen LogP contribution in [0, 0.1) is 5.82 Å². The van der Waals surface area contributed by atoms with Gasteiger partial charge in [-0.3, -0.25) is 0 Å². The molecule has 1 atom stereocenters. The Morgan fingerprint density at radius 1 is 1.05 bits per heavy atom. The maximum absolute atomic E-state index is 12.8. The Balaban J connectivity index is 1.75. The number of rotatable bonds is 4. The Morgan fingerprint density at radius 2 is 1.76 bits per heavy atom. The molecule has 0 aliphatic carbocycles. The first-order valence-corrected chi connectivity index (χ1v) is 6.52. The van der Waals surface area contributed by atoms with E-state index in [1.165, 1.54) is 12.1 Å². The van der Waals surface area contributed by atoms with Crippen molar-refractivity contribution in [2.45, 2.75) is 12.5 Å². The van der Waals surface area contributed by atoms with Gasteiger partial charge in [-0.25, -0.2) is 4.39 Å². The van der Waals surface area contributed by atoms with Crippen molar-refractivity contribution in [1.29, 1.82) is 0 Å². The predicted octanol–water partition coefficient (Wildman–Crippen LogP) is 2.88. The smallest absolute Gasteiger partial charge is 0.260 e. The molecule has 0 amide bonds. The molecule has 106 valence electrons. The molecule has 1 heterocycles. The second kappa shape index (κ2) is 5.85. The lowest BCUT2D eigenvalue weighted by molar-refractivity contribution is 0.170. The summed E-state index contributed by atoms with van der Waals surface area (Å²) in [5.41, 5.74) is 1.56. The van der Waals surface area contributed by atoms with Crippen LogP contribution in [0.4, 0.5) is 4.39 Å². The van der Waals surface area contributed by atoms with Crippen molar-refractivity contribution in [3.63, 3.8) is 0 Å². The molecule has 1 aromatic heterocycles. The molecule has 0 fully saturated rings. The van der Waals surface area contributed by atoms with Crippen LogP contribution in [0.5, 0.6) is 0 Å². The molecular formula is C16H13FN2O2. The first-order chi connectivity index (χ1) is 10.2. The topological polar surface area (TPSA) is 59.2 Å². The van der Waals surface area contributed by atoms with Crippen LogP contribution < -0.4 is 0 Å². The summed E-state index contributed by atoms with van der Waals surface area (Å²) < 4.78 is 17.9. The van der Waals surface area contributed by atoms with Gasteiger partial charge in [0.25, 0.3) is 5.89 Å². The zero-order valence-corrected chi connectivity index (χ0v) is 11.1. The molecule has 1 unspecified atom stereocenters. The van der Waals surface area contributed by atoms with Crippen LogP contribution in [0.25, 0.3) is 0 Å². The molecule has 0 spiro atoms. The summed E-state index contributed by atoms with van der Waals surface area (Å²) in [6.45, 7) is 0. The molecule has 1 N–H and O–H groups in total. The highest BCUT2D eigenvalue weighted by Gasteiger charge is 2.17. The molecule has 0 saturated heterocycles. The van der Waals surface area contributed by atoms with E-state index in [1.807, 2.05) is 18.2 Å². The van der Waals surface area contributed by atoms with Crippen molar-refractivity contribution >= 4 is 0 Å². The van der Waals surface area contributed by atoms with Gasteiger partial charge in [0.1, 0.15) is 5.82 Å². The lowest BCUT2D eigenvalue weighted by Gasteiger charge is -2.04. The quantitative estimate of drug-likeness (QED) is 0.800. The summed E-state index contributed by atoms with van der Waals surface area (Å²) in [7, 11) is 0. The molecule has 0 aliphatic rings. The summed E-state index contributed by atoms with van der Waals surface area (Å²) in [6, 6.07) is 15.2. The number of aliphatic hydroxyl groups is 1. The average molecular weight is 284 g/mol. The Labute approximate surface area is 120 Å². The average Bonchev–Trinajstić information content (AvgIpc) is 2.98. The van der Waals surface area contributed by atoms with Crippen LogP contribution in [-0.4, -0.2) is 15.2 Å². The van der Waals surface area contributed by atoms with Gasteiger partial charge in [0, 0.05) is 6.42 Å². The third-order valence-electron chi connectivity index (χ3n) is 3.11. The maximum Gasteiger partial charge on any atom is 0.260 e. The van der Waals surface area contributed by atoms with Gasteiger partial charge in [-0.1, -0.05) is 47.6 Å². The van der Waals surface area contributed by atoms with Crippen molar-refractivity contribution in [3.05, 3.63) is 83.3 Å². The van der Waals surface area contributed by atoms with Crippen LogP contribution >= 0.6 is 0 Å². The normalized spacial score (nSPS) is 12.3. The van der Waals surface area contributed by atoms with Gasteiger partial charge in [0.05, 0.1) is 0 Å². The van der Waals surface area contributed by atoms with Crippen molar-refractivity contribution in [3.8, 4) is 0 Å². The van der Waals surface area contributed by atoms with Gasteiger partial charge in [-0.05, 0) is 23.3 Å². The third kappa shape index (κ3) is 3.14. The molecule has 21 heavy (non-hydrogen) atoms. The summed E-state index contributed by atoms with van der Waals surface area (Å²) in [6.07, 6.45) is -0.522. The molecule has 3 aromatic rings. The number of benzene rings is 2. The van der Waals surface area contributed by atoms with Gasteiger partial charge < -0.3 is 9.63 Å². The van der Waals surface area contributed by atoms with E-state index in [4.69, 9.17) is 4.52 Å². The fourth-order valence-corrected chi connectivity index (χ4v) is 2.01. The molecule has 5 heteroatoms. The van der Waals surface area contributed by atoms with Gasteiger partial charge in [-0.2, -0.15) is 4.98 Å². The number of hydrogen-bond donors (Lipinski definition) is 1. The third-order valence-corrected chi connectivity index (χ3v) is 3.11. The second-order valence-corrected chi connectivity index (χ2v) is 4.67. The number of halogens is 1. The molecule has 0 aliphatic heterocycles. The Kier molecular flexibility index (Phi) is 3.75. The van der Waals surface area contributed by atoms with Crippen LogP contribution in [0.3, 0.4) is 0 Å². The highest BCUT2D eigenvalue weighted by Crippen LogP contribution is 2.20. The van der Waals surface area contributed by atoms with Crippen molar-refractivity contribution < 1.29 is 14.0 Å². The highest BCUT2D eigenvalue weighted by atomic mass is 19.1. The van der Waals surface area contributed by atoms with E-state index in [1.54, 1.807) is 24.3 Å². The number of aromatic nitrogens is 2. The minimum Gasteiger partial charge on any atom is -0.378 e. The molecule has 0 bridgehead atoms. The monoisotopic (exact) mass is 284 g/mol. The summed E-state index contributed by atoms with van der Waals surface area (Å²) in [4.78, 5) is 4.18. The number of hydrogen-bond acceptors (Lipinski definition) is 4. The van der Waals surface area contributed by atoms with E-state index in [-0.39, 0.29) is 11.7 Å². The van der Waals surface area contributed by atoms with Crippen LogP contribution in [0.2, 0.25) is 0 Å². The molecule has 0 saturated carbocycles. The predicted molar refractivity (Wildman–Crippen MR) is 74.0 cm³/mol. The summed E-state index contributed by atoms with van der Waals surface area (Å²) in [5.74, 6) is 0.317. The van der Waals surface area contributed by atoms with E-state index < -0.39 is 6.10 Å². The first-order valence-electron chi connectivity index (χ1n) is 6.52. The van der Waals surface area contributed by atoms with Gasteiger partial charge in [0.15, 0.2) is 11.9 Å². The molecule has 3 rings (SSSR count). The number of aliphatic hydroxyl groups excluding tert-OH is 1. The Bertz CT molecular complexity index is 711. The van der Waals surface area contributed by atoms with Crippen molar-refractivity contribution in [2.75, 3.05) is 0 Å². The van der Waals surface area contributed by atoms with Gasteiger partial charge in [0.2, 0.25) is 0 Å². The van der Waals surface area contributed by atoms with E-state index in [0.717, 1.165) is 5.56 Å².